The van der Waals surface area contributed by atoms with Gasteiger partial charge in [0.05, 0.1) is 23.8 Å². The Morgan fingerprint density at radius 2 is 1.93 bits per heavy atom. The Hall–Kier alpha value is -2.13. The van der Waals surface area contributed by atoms with Crippen molar-refractivity contribution in [3.8, 4) is 5.75 Å². The zero-order valence-corrected chi connectivity index (χ0v) is 16.7. The molecule has 8 heteroatoms. The maximum absolute atomic E-state index is 13.3. The third kappa shape index (κ3) is 3.26. The minimum Gasteiger partial charge on any atom is -0.456 e. The number of aryl methyl sites for hydroxylation is 1. The highest BCUT2D eigenvalue weighted by Crippen LogP contribution is 2.44. The van der Waals surface area contributed by atoms with Gasteiger partial charge in [-0.1, -0.05) is 29.8 Å². The van der Waals surface area contributed by atoms with Crippen molar-refractivity contribution < 1.29 is 22.6 Å². The highest BCUT2D eigenvalue weighted by Gasteiger charge is 2.57. The lowest BCUT2D eigenvalue weighted by Gasteiger charge is -2.42. The highest BCUT2D eigenvalue weighted by molar-refractivity contribution is 7.89. The van der Waals surface area contributed by atoms with Crippen molar-refractivity contribution >= 4 is 15.7 Å². The summed E-state index contributed by atoms with van der Waals surface area (Å²) in [5.41, 5.74) is 1.75. The van der Waals surface area contributed by atoms with E-state index in [0.29, 0.717) is 25.4 Å². The first-order valence-electron chi connectivity index (χ1n) is 9.22. The number of nitrogens with zero attached hydrogens (tertiary/aromatic N) is 1. The molecule has 0 bridgehead atoms. The van der Waals surface area contributed by atoms with E-state index in [1.165, 1.54) is 4.31 Å². The van der Waals surface area contributed by atoms with E-state index in [-0.39, 0.29) is 11.4 Å². The van der Waals surface area contributed by atoms with Gasteiger partial charge in [-0.25, -0.2) is 8.42 Å². The minimum absolute atomic E-state index is 0.256. The average molecular weight is 404 g/mol. The van der Waals surface area contributed by atoms with Gasteiger partial charge in [0.15, 0.2) is 6.17 Å². The number of anilines is 1. The van der Waals surface area contributed by atoms with Gasteiger partial charge in [0.25, 0.3) is 0 Å². The minimum atomic E-state index is -3.72. The zero-order valence-electron chi connectivity index (χ0n) is 15.9. The number of fused-ring (bicyclic) bond motifs is 2. The number of rotatable bonds is 6. The Kier molecular flexibility index (Phi) is 5.05. The summed E-state index contributed by atoms with van der Waals surface area (Å²) < 4.78 is 45.5. The summed E-state index contributed by atoms with van der Waals surface area (Å²) >= 11 is 0. The molecule has 0 spiro atoms. The van der Waals surface area contributed by atoms with Crippen LogP contribution in [0.3, 0.4) is 0 Å². The quantitative estimate of drug-likeness (QED) is 0.746. The third-order valence-electron chi connectivity index (χ3n) is 5.11. The second-order valence-electron chi connectivity index (χ2n) is 6.98. The molecule has 2 heterocycles. The summed E-state index contributed by atoms with van der Waals surface area (Å²) in [4.78, 5) is 0.256. The van der Waals surface area contributed by atoms with Crippen LogP contribution < -0.4 is 10.1 Å². The molecule has 28 heavy (non-hydrogen) atoms. The van der Waals surface area contributed by atoms with Crippen molar-refractivity contribution in [1.29, 1.82) is 0 Å². The standard InChI is InChI=1S/C20H24N2O5S/c1-15-7-9-16(10-8-15)28(23,24)22-12-11-20(26-14-13-25-2)19(22)21-17-5-3-4-6-18(17)27-20/h3-10,19,21H,11-14H2,1-2H3/t19-,20+/m0/s1. The fourth-order valence-electron chi connectivity index (χ4n) is 3.63. The average Bonchev–Trinajstić information content (AvgIpc) is 3.05. The molecule has 2 aromatic carbocycles. The van der Waals surface area contributed by atoms with E-state index < -0.39 is 22.0 Å². The van der Waals surface area contributed by atoms with E-state index in [1.54, 1.807) is 31.4 Å². The molecule has 0 unspecified atom stereocenters. The van der Waals surface area contributed by atoms with Crippen molar-refractivity contribution in [3.05, 3.63) is 54.1 Å². The van der Waals surface area contributed by atoms with Crippen molar-refractivity contribution in [2.24, 2.45) is 0 Å². The van der Waals surface area contributed by atoms with Crippen LogP contribution in [0.1, 0.15) is 12.0 Å². The Balaban J connectivity index is 1.70. The Bertz CT molecular complexity index is 947. The summed E-state index contributed by atoms with van der Waals surface area (Å²) in [6.07, 6.45) is -0.265. The molecule has 150 valence electrons. The van der Waals surface area contributed by atoms with E-state index in [2.05, 4.69) is 5.32 Å². The first kappa shape index (κ1) is 19.2. The summed E-state index contributed by atoms with van der Waals surface area (Å²) in [5.74, 6) is -0.462. The number of ether oxygens (including phenoxy) is 3. The second-order valence-corrected chi connectivity index (χ2v) is 8.87. The number of hydrogen-bond acceptors (Lipinski definition) is 6. The van der Waals surface area contributed by atoms with Crippen LogP contribution in [0, 0.1) is 6.92 Å². The van der Waals surface area contributed by atoms with Crippen LogP contribution in [0.4, 0.5) is 5.69 Å². The molecular weight excluding hydrogens is 380 g/mol. The lowest BCUT2D eigenvalue weighted by Crippen LogP contribution is -2.58. The molecule has 2 aromatic rings. The molecule has 1 fully saturated rings. The Morgan fingerprint density at radius 3 is 2.68 bits per heavy atom. The normalized spacial score (nSPS) is 24.1. The first-order chi connectivity index (χ1) is 13.5. The van der Waals surface area contributed by atoms with Crippen molar-refractivity contribution in [1.82, 2.24) is 4.31 Å². The largest absolute Gasteiger partial charge is 0.456 e. The number of sulfonamides is 1. The van der Waals surface area contributed by atoms with E-state index in [0.717, 1.165) is 11.3 Å². The second kappa shape index (κ2) is 7.36. The monoisotopic (exact) mass is 404 g/mol. The van der Waals surface area contributed by atoms with Crippen LogP contribution in [0.2, 0.25) is 0 Å². The van der Waals surface area contributed by atoms with Gasteiger partial charge in [-0.2, -0.15) is 4.31 Å². The lowest BCUT2D eigenvalue weighted by molar-refractivity contribution is -0.197. The van der Waals surface area contributed by atoms with E-state index in [4.69, 9.17) is 14.2 Å². The van der Waals surface area contributed by atoms with Crippen LogP contribution in [-0.4, -0.2) is 51.5 Å². The third-order valence-corrected chi connectivity index (χ3v) is 6.99. The molecule has 2 aliphatic rings. The van der Waals surface area contributed by atoms with Crippen molar-refractivity contribution in [3.63, 3.8) is 0 Å². The summed E-state index contributed by atoms with van der Waals surface area (Å²) in [7, 11) is -2.12. The number of nitrogens with one attached hydrogen (secondary N) is 1. The summed E-state index contributed by atoms with van der Waals surface area (Å²) in [5, 5.41) is 3.32. The summed E-state index contributed by atoms with van der Waals surface area (Å²) in [6, 6.07) is 14.3. The lowest BCUT2D eigenvalue weighted by atomic mass is 10.1. The topological polar surface area (TPSA) is 77.1 Å². The molecule has 2 atom stereocenters. The van der Waals surface area contributed by atoms with Gasteiger partial charge in [0, 0.05) is 20.1 Å². The molecule has 1 N–H and O–H groups in total. The molecule has 7 nitrogen and oxygen atoms in total. The molecule has 0 amide bonds. The maximum Gasteiger partial charge on any atom is 0.247 e. The van der Waals surface area contributed by atoms with Gasteiger partial charge < -0.3 is 19.5 Å². The first-order valence-corrected chi connectivity index (χ1v) is 10.7. The van der Waals surface area contributed by atoms with Crippen LogP contribution in [0.5, 0.6) is 5.75 Å². The van der Waals surface area contributed by atoms with E-state index in [1.807, 2.05) is 31.2 Å². The van der Waals surface area contributed by atoms with Crippen molar-refractivity contribution in [2.75, 3.05) is 32.2 Å². The predicted molar refractivity (Wildman–Crippen MR) is 105 cm³/mol. The van der Waals surface area contributed by atoms with Crippen LogP contribution in [-0.2, 0) is 19.5 Å². The van der Waals surface area contributed by atoms with Crippen molar-refractivity contribution in [2.45, 2.75) is 30.2 Å². The Labute approximate surface area is 165 Å². The SMILES string of the molecule is COCCO[C@@]12CCN(S(=O)(=O)c3ccc(C)cc3)[C@@H]1Nc1ccccc1O2. The molecule has 0 radical (unpaired) electrons. The number of benzene rings is 2. The molecule has 0 aromatic heterocycles. The fourth-order valence-corrected chi connectivity index (χ4v) is 5.20. The van der Waals surface area contributed by atoms with Gasteiger partial charge in [-0.05, 0) is 31.2 Å². The van der Waals surface area contributed by atoms with Gasteiger partial charge in [-0.3, -0.25) is 0 Å². The summed E-state index contributed by atoms with van der Waals surface area (Å²) in [6.45, 7) is 2.91. The number of methoxy groups -OCH3 is 1. The molecule has 0 aliphatic carbocycles. The Morgan fingerprint density at radius 1 is 1.18 bits per heavy atom. The molecule has 0 saturated carbocycles. The van der Waals surface area contributed by atoms with Crippen LogP contribution in [0.15, 0.2) is 53.4 Å². The van der Waals surface area contributed by atoms with Gasteiger partial charge >= 0.3 is 0 Å². The van der Waals surface area contributed by atoms with Crippen LogP contribution in [0.25, 0.3) is 0 Å². The molecule has 1 saturated heterocycles. The van der Waals surface area contributed by atoms with Gasteiger partial charge in [0.1, 0.15) is 5.75 Å². The van der Waals surface area contributed by atoms with E-state index in [9.17, 15) is 8.42 Å². The maximum atomic E-state index is 13.3. The highest BCUT2D eigenvalue weighted by atomic mass is 32.2. The van der Waals surface area contributed by atoms with E-state index >= 15 is 0 Å². The zero-order chi connectivity index (χ0) is 19.8. The number of hydrogen-bond donors (Lipinski definition) is 1. The van der Waals surface area contributed by atoms with Crippen LogP contribution >= 0.6 is 0 Å². The van der Waals surface area contributed by atoms with Gasteiger partial charge in [0.2, 0.25) is 15.8 Å². The molecule has 4 rings (SSSR count). The smallest absolute Gasteiger partial charge is 0.247 e. The predicted octanol–water partition coefficient (Wildman–Crippen LogP) is 2.58. The molecular formula is C20H24N2O5S. The molecule has 2 aliphatic heterocycles. The fraction of sp³-hybridized carbons (Fsp3) is 0.400. The number of para-hydroxylation sites is 2. The van der Waals surface area contributed by atoms with Gasteiger partial charge in [-0.15, -0.1) is 0 Å².